The number of nitrogens with two attached hydrogens (primary N) is 1. The highest BCUT2D eigenvalue weighted by Gasteiger charge is 2.40. The Hall–Kier alpha value is -3.35. The van der Waals surface area contributed by atoms with Crippen LogP contribution in [0.25, 0.3) is 5.70 Å². The van der Waals surface area contributed by atoms with Crippen molar-refractivity contribution in [2.45, 2.75) is 31.7 Å². The van der Waals surface area contributed by atoms with Crippen LogP contribution in [-0.2, 0) is 20.9 Å². The number of ether oxygens (including phenoxy) is 2. The number of likely N-dealkylation sites (tertiary alicyclic amines) is 1. The van der Waals surface area contributed by atoms with Crippen LogP contribution in [0.15, 0.2) is 37.2 Å². The Bertz CT molecular complexity index is 1040. The van der Waals surface area contributed by atoms with Crippen molar-refractivity contribution in [2.75, 3.05) is 20.8 Å². The second kappa shape index (κ2) is 12.9. The van der Waals surface area contributed by atoms with E-state index in [9.17, 15) is 23.5 Å². The molecule has 1 saturated heterocycles. The molecule has 0 spiro atoms. The normalized spacial score (nSPS) is 15.4. The number of aliphatic hydroxyl groups excluding tert-OH is 1. The largest absolute Gasteiger partial charge is 0.435 e. The lowest BCUT2D eigenvalue weighted by Crippen LogP contribution is -2.59. The van der Waals surface area contributed by atoms with E-state index in [0.29, 0.717) is 23.5 Å². The molecule has 2 amide bonds. The summed E-state index contributed by atoms with van der Waals surface area (Å²) in [6, 6.07) is 2.68. The molecule has 0 bridgehead atoms. The lowest BCUT2D eigenvalue weighted by Gasteiger charge is -2.40. The van der Waals surface area contributed by atoms with E-state index in [1.807, 2.05) is 0 Å². The van der Waals surface area contributed by atoms with E-state index in [0.717, 1.165) is 12.1 Å². The van der Waals surface area contributed by atoms with Gasteiger partial charge in [-0.2, -0.15) is 8.78 Å². The molecule has 13 heteroatoms. The van der Waals surface area contributed by atoms with Gasteiger partial charge in [-0.05, 0) is 30.2 Å². The van der Waals surface area contributed by atoms with Crippen LogP contribution >= 0.6 is 11.6 Å². The number of aliphatic hydroxyl groups is 1. The summed E-state index contributed by atoms with van der Waals surface area (Å²) in [5.74, 6) is -1.16. The Morgan fingerprint density at radius 2 is 1.94 bits per heavy atom. The van der Waals surface area contributed by atoms with E-state index in [-0.39, 0.29) is 29.4 Å². The molecule has 10 nitrogen and oxygen atoms in total. The molecule has 4 N–H and O–H groups in total. The SMILES string of the molecule is C=C(N)c1cnc(CNC(=O)[C@@H]2CCN2C(=O)C(O)c2cc(Cl)cc(OC(F)F)c2)nc1.COC. The quantitative estimate of drug-likeness (QED) is 0.486. The fourth-order valence-corrected chi connectivity index (χ4v) is 3.27. The van der Waals surface area contributed by atoms with Crippen LogP contribution in [0.1, 0.15) is 29.5 Å². The van der Waals surface area contributed by atoms with Gasteiger partial charge in [0.2, 0.25) is 5.91 Å². The molecule has 1 aromatic heterocycles. The van der Waals surface area contributed by atoms with E-state index < -0.39 is 30.6 Å². The van der Waals surface area contributed by atoms with E-state index in [1.165, 1.54) is 23.4 Å². The molecule has 1 aliphatic rings. The number of nitrogens with zero attached hydrogens (tertiary/aromatic N) is 3. The number of alkyl halides is 2. The molecular weight excluding hydrogens is 488 g/mol. The minimum Gasteiger partial charge on any atom is -0.435 e. The third kappa shape index (κ3) is 7.84. The Morgan fingerprint density at radius 3 is 2.46 bits per heavy atom. The van der Waals surface area contributed by atoms with Crippen molar-refractivity contribution in [2.24, 2.45) is 5.73 Å². The number of carbonyl (C=O) groups is 2. The van der Waals surface area contributed by atoms with Crippen molar-refractivity contribution >= 4 is 29.1 Å². The molecular formula is C22H26ClF2N5O5. The van der Waals surface area contributed by atoms with E-state index in [4.69, 9.17) is 17.3 Å². The van der Waals surface area contributed by atoms with Crippen molar-refractivity contribution in [3.63, 3.8) is 0 Å². The highest BCUT2D eigenvalue weighted by atomic mass is 35.5. The van der Waals surface area contributed by atoms with Gasteiger partial charge in [-0.1, -0.05) is 18.2 Å². The van der Waals surface area contributed by atoms with Crippen LogP contribution in [0.4, 0.5) is 8.78 Å². The molecule has 2 aromatic rings. The molecule has 35 heavy (non-hydrogen) atoms. The van der Waals surface area contributed by atoms with Crippen LogP contribution in [0.3, 0.4) is 0 Å². The predicted molar refractivity (Wildman–Crippen MR) is 123 cm³/mol. The van der Waals surface area contributed by atoms with Crippen molar-refractivity contribution in [3.8, 4) is 5.75 Å². The van der Waals surface area contributed by atoms with Crippen molar-refractivity contribution < 1.29 is 33.0 Å². The van der Waals surface area contributed by atoms with Gasteiger partial charge in [0.15, 0.2) is 6.10 Å². The fourth-order valence-electron chi connectivity index (χ4n) is 3.03. The molecule has 190 valence electrons. The first-order chi connectivity index (χ1) is 16.6. The molecule has 0 aliphatic carbocycles. The Morgan fingerprint density at radius 1 is 1.31 bits per heavy atom. The maximum atomic E-state index is 12.7. The predicted octanol–water partition coefficient (Wildman–Crippen LogP) is 1.87. The summed E-state index contributed by atoms with van der Waals surface area (Å²) in [6.45, 7) is 0.762. The average molecular weight is 514 g/mol. The van der Waals surface area contributed by atoms with Crippen LogP contribution in [0.2, 0.25) is 5.02 Å². The van der Waals surface area contributed by atoms with Gasteiger partial charge in [0.25, 0.3) is 5.91 Å². The summed E-state index contributed by atoms with van der Waals surface area (Å²) in [6.07, 6.45) is 1.64. The summed E-state index contributed by atoms with van der Waals surface area (Å²) < 4.78 is 33.4. The molecule has 0 saturated carbocycles. The first-order valence-corrected chi connectivity index (χ1v) is 10.6. The first kappa shape index (κ1) is 27.9. The van der Waals surface area contributed by atoms with Gasteiger partial charge in [-0.25, -0.2) is 9.97 Å². The second-order valence-electron chi connectivity index (χ2n) is 7.38. The minimum atomic E-state index is -3.09. The number of rotatable bonds is 8. The van der Waals surface area contributed by atoms with Crippen molar-refractivity contribution in [1.82, 2.24) is 20.2 Å². The minimum absolute atomic E-state index is 0.00660. The van der Waals surface area contributed by atoms with E-state index in [1.54, 1.807) is 14.2 Å². The standard InChI is InChI=1S/C20H20ClF2N5O4.C2H6O/c1-10(24)12-7-25-16(26-8-12)9-27-18(30)15-2-3-28(15)19(31)17(29)11-4-13(21)6-14(5-11)32-20(22)23;1-3-2/h4-8,15,17,20,29H,1-3,9,24H2,(H,27,30);1-2H3/t15-,17?;/m0./s1. The van der Waals surface area contributed by atoms with E-state index in [2.05, 4.69) is 31.3 Å². The summed E-state index contributed by atoms with van der Waals surface area (Å²) in [7, 11) is 3.25. The number of halogens is 3. The monoisotopic (exact) mass is 513 g/mol. The number of nitrogens with one attached hydrogen (secondary N) is 1. The summed E-state index contributed by atoms with van der Waals surface area (Å²) >= 11 is 5.87. The number of aromatic nitrogens is 2. The number of hydrogen-bond donors (Lipinski definition) is 3. The Labute approximate surface area is 205 Å². The van der Waals surface area contributed by atoms with Gasteiger partial charge in [-0.3, -0.25) is 9.59 Å². The molecule has 1 fully saturated rings. The van der Waals surface area contributed by atoms with Crippen molar-refractivity contribution in [1.29, 1.82) is 0 Å². The zero-order chi connectivity index (χ0) is 26.1. The number of carbonyl (C=O) groups excluding carboxylic acids is 2. The molecule has 2 heterocycles. The van der Waals surface area contributed by atoms with Gasteiger partial charge >= 0.3 is 6.61 Å². The van der Waals surface area contributed by atoms with Gasteiger partial charge in [-0.15, -0.1) is 0 Å². The highest BCUT2D eigenvalue weighted by molar-refractivity contribution is 6.30. The molecule has 1 aliphatic heterocycles. The summed E-state index contributed by atoms with van der Waals surface area (Å²) in [5, 5.41) is 13.1. The fraction of sp³-hybridized carbons (Fsp3) is 0.364. The zero-order valence-electron chi connectivity index (χ0n) is 19.1. The van der Waals surface area contributed by atoms with E-state index >= 15 is 0 Å². The van der Waals surface area contributed by atoms with Gasteiger partial charge in [0, 0.05) is 49.4 Å². The van der Waals surface area contributed by atoms with Gasteiger partial charge in [0.1, 0.15) is 17.6 Å². The third-order valence-corrected chi connectivity index (χ3v) is 4.99. The molecule has 1 aromatic carbocycles. The number of benzene rings is 1. The Kier molecular flexibility index (Phi) is 10.3. The second-order valence-corrected chi connectivity index (χ2v) is 7.81. The lowest BCUT2D eigenvalue weighted by molar-refractivity contribution is -0.154. The van der Waals surface area contributed by atoms with Crippen LogP contribution < -0.4 is 15.8 Å². The van der Waals surface area contributed by atoms with Crippen molar-refractivity contribution in [3.05, 3.63) is 59.1 Å². The van der Waals surface area contributed by atoms with Gasteiger partial charge < -0.3 is 30.5 Å². The maximum absolute atomic E-state index is 12.7. The summed E-state index contributed by atoms with van der Waals surface area (Å²) in [4.78, 5) is 34.5. The van der Waals surface area contributed by atoms with Crippen LogP contribution in [-0.4, -0.2) is 65.2 Å². The van der Waals surface area contributed by atoms with Crippen LogP contribution in [0.5, 0.6) is 5.75 Å². The third-order valence-electron chi connectivity index (χ3n) is 4.77. The molecule has 1 unspecified atom stereocenters. The van der Waals surface area contributed by atoms with Gasteiger partial charge in [0.05, 0.1) is 6.54 Å². The topological polar surface area (TPSA) is 140 Å². The number of methoxy groups -OCH3 is 1. The first-order valence-electron chi connectivity index (χ1n) is 10.2. The molecule has 0 radical (unpaired) electrons. The average Bonchev–Trinajstić information content (AvgIpc) is 2.76. The smallest absolute Gasteiger partial charge is 0.387 e. The summed E-state index contributed by atoms with van der Waals surface area (Å²) in [5.41, 5.74) is 6.40. The lowest BCUT2D eigenvalue weighted by atomic mass is 9.99. The number of amides is 2. The molecule has 2 atom stereocenters. The molecule has 3 rings (SSSR count). The number of hydrogen-bond acceptors (Lipinski definition) is 8. The highest BCUT2D eigenvalue weighted by Crippen LogP contribution is 2.29. The Balaban J connectivity index is 0.00000137. The zero-order valence-corrected chi connectivity index (χ0v) is 19.8. The maximum Gasteiger partial charge on any atom is 0.387 e. The van der Waals surface area contributed by atoms with Crippen LogP contribution in [0, 0.1) is 0 Å².